The molecule has 1 aromatic rings. The van der Waals surface area contributed by atoms with Crippen LogP contribution < -0.4 is 10.2 Å². The van der Waals surface area contributed by atoms with E-state index in [1.165, 1.54) is 0 Å². The van der Waals surface area contributed by atoms with E-state index in [9.17, 15) is 8.42 Å². The standard InChI is InChI=1S/C18H31N7O2S/c1-18(2)15-25(13-14-28(18,26)27)16(19-3)22-7-8-23-9-11-24(12-10-23)17-20-5-4-6-21-17/h4-6H,7-15H2,1-3H3,(H,19,22). The molecule has 2 aliphatic rings. The maximum absolute atomic E-state index is 12.2. The van der Waals surface area contributed by atoms with Crippen LogP contribution in [0.2, 0.25) is 0 Å². The summed E-state index contributed by atoms with van der Waals surface area (Å²) in [7, 11) is -1.30. The molecule has 0 amide bonds. The number of aliphatic imine (C=N–C) groups is 1. The fraction of sp³-hybridized carbons (Fsp3) is 0.722. The lowest BCUT2D eigenvalue weighted by Crippen LogP contribution is -2.58. The van der Waals surface area contributed by atoms with Crippen molar-refractivity contribution < 1.29 is 8.42 Å². The average Bonchev–Trinajstić information content (AvgIpc) is 2.69. The second-order valence-corrected chi connectivity index (χ2v) is 10.6. The summed E-state index contributed by atoms with van der Waals surface area (Å²) < 4.78 is 23.7. The lowest BCUT2D eigenvalue weighted by Gasteiger charge is -2.39. The number of anilines is 1. The van der Waals surface area contributed by atoms with Gasteiger partial charge < -0.3 is 15.1 Å². The monoisotopic (exact) mass is 409 g/mol. The van der Waals surface area contributed by atoms with Crippen LogP contribution >= 0.6 is 0 Å². The molecule has 0 atom stereocenters. The molecule has 1 aromatic heterocycles. The molecule has 10 heteroatoms. The van der Waals surface area contributed by atoms with Gasteiger partial charge in [0.15, 0.2) is 15.8 Å². The van der Waals surface area contributed by atoms with E-state index in [4.69, 9.17) is 0 Å². The molecule has 0 aromatic carbocycles. The van der Waals surface area contributed by atoms with Gasteiger partial charge in [-0.15, -0.1) is 0 Å². The Kier molecular flexibility index (Phi) is 6.39. The number of guanidine groups is 1. The molecule has 0 radical (unpaired) electrons. The summed E-state index contributed by atoms with van der Waals surface area (Å²) in [5.74, 6) is 1.74. The highest BCUT2D eigenvalue weighted by Gasteiger charge is 2.40. The molecule has 3 rings (SSSR count). The number of hydrogen-bond acceptors (Lipinski definition) is 7. The maximum Gasteiger partial charge on any atom is 0.225 e. The van der Waals surface area contributed by atoms with Crippen molar-refractivity contribution in [3.05, 3.63) is 18.5 Å². The predicted molar refractivity (Wildman–Crippen MR) is 111 cm³/mol. The Morgan fingerprint density at radius 1 is 1.18 bits per heavy atom. The van der Waals surface area contributed by atoms with Crippen LogP contribution in [0.4, 0.5) is 5.95 Å². The molecule has 0 spiro atoms. The fourth-order valence-electron chi connectivity index (χ4n) is 3.61. The topological polar surface area (TPSA) is 94.0 Å². The number of piperazine rings is 1. The molecule has 1 N–H and O–H groups in total. The molecule has 9 nitrogen and oxygen atoms in total. The van der Waals surface area contributed by atoms with E-state index in [0.29, 0.717) is 13.1 Å². The Morgan fingerprint density at radius 3 is 2.46 bits per heavy atom. The summed E-state index contributed by atoms with van der Waals surface area (Å²) in [6.07, 6.45) is 3.55. The normalized spacial score (nSPS) is 22.9. The zero-order valence-corrected chi connectivity index (χ0v) is 17.8. The van der Waals surface area contributed by atoms with Crippen molar-refractivity contribution in [1.29, 1.82) is 0 Å². The third kappa shape index (κ3) is 4.72. The maximum atomic E-state index is 12.2. The number of hydrogen-bond donors (Lipinski definition) is 1. The SMILES string of the molecule is CN=C(NCCN1CCN(c2ncccn2)CC1)N1CCS(=O)(=O)C(C)(C)C1. The minimum absolute atomic E-state index is 0.171. The Hall–Kier alpha value is -1.94. The molecule has 0 aliphatic carbocycles. The number of rotatable bonds is 4. The van der Waals surface area contributed by atoms with Gasteiger partial charge in [-0.3, -0.25) is 9.89 Å². The summed E-state index contributed by atoms with van der Waals surface area (Å²) in [4.78, 5) is 19.6. The Morgan fingerprint density at radius 2 is 1.86 bits per heavy atom. The highest BCUT2D eigenvalue weighted by Crippen LogP contribution is 2.23. The third-order valence-corrected chi connectivity index (χ3v) is 8.01. The minimum Gasteiger partial charge on any atom is -0.355 e. The highest BCUT2D eigenvalue weighted by molar-refractivity contribution is 7.92. The van der Waals surface area contributed by atoms with Gasteiger partial charge in [-0.25, -0.2) is 18.4 Å². The van der Waals surface area contributed by atoms with Gasteiger partial charge in [0.2, 0.25) is 5.95 Å². The summed E-state index contributed by atoms with van der Waals surface area (Å²) in [6.45, 7) is 9.98. The first-order valence-electron chi connectivity index (χ1n) is 9.75. The van der Waals surface area contributed by atoms with Crippen LogP contribution in [-0.4, -0.2) is 104 Å². The zero-order chi connectivity index (χ0) is 20.2. The number of nitrogens with zero attached hydrogens (tertiary/aromatic N) is 6. The van der Waals surface area contributed by atoms with E-state index in [1.54, 1.807) is 33.3 Å². The average molecular weight is 410 g/mol. The second kappa shape index (κ2) is 8.60. The van der Waals surface area contributed by atoms with Gasteiger partial charge in [0.25, 0.3) is 0 Å². The Balaban J connectivity index is 1.43. The molecule has 156 valence electrons. The first-order chi connectivity index (χ1) is 13.3. The van der Waals surface area contributed by atoms with Crippen LogP contribution in [0.5, 0.6) is 0 Å². The zero-order valence-electron chi connectivity index (χ0n) is 17.0. The summed E-state index contributed by atoms with van der Waals surface area (Å²) >= 11 is 0. The molecule has 2 saturated heterocycles. The molecule has 0 bridgehead atoms. The molecular weight excluding hydrogens is 378 g/mol. The van der Waals surface area contributed by atoms with E-state index in [2.05, 4.69) is 30.1 Å². The van der Waals surface area contributed by atoms with Gasteiger partial charge in [-0.1, -0.05) is 0 Å². The van der Waals surface area contributed by atoms with Gasteiger partial charge >= 0.3 is 0 Å². The summed E-state index contributed by atoms with van der Waals surface area (Å²) in [5, 5.41) is 3.40. The summed E-state index contributed by atoms with van der Waals surface area (Å²) in [6, 6.07) is 1.83. The molecule has 2 aliphatic heterocycles. The number of aromatic nitrogens is 2. The highest BCUT2D eigenvalue weighted by atomic mass is 32.2. The molecule has 3 heterocycles. The van der Waals surface area contributed by atoms with E-state index in [1.807, 2.05) is 11.0 Å². The smallest absolute Gasteiger partial charge is 0.225 e. The Labute approximate surface area is 167 Å². The van der Waals surface area contributed by atoms with Crippen LogP contribution in [0.1, 0.15) is 13.8 Å². The number of sulfone groups is 1. The van der Waals surface area contributed by atoms with Gasteiger partial charge in [-0.05, 0) is 19.9 Å². The van der Waals surface area contributed by atoms with Gasteiger partial charge in [-0.2, -0.15) is 0 Å². The van der Waals surface area contributed by atoms with Gasteiger partial charge in [0.1, 0.15) is 0 Å². The quantitative estimate of drug-likeness (QED) is 0.534. The van der Waals surface area contributed by atoms with Crippen molar-refractivity contribution in [2.75, 3.05) is 70.1 Å². The van der Waals surface area contributed by atoms with E-state index < -0.39 is 14.6 Å². The first-order valence-corrected chi connectivity index (χ1v) is 11.4. The second-order valence-electron chi connectivity index (χ2n) is 7.85. The largest absolute Gasteiger partial charge is 0.355 e. The number of nitrogens with one attached hydrogen (secondary N) is 1. The van der Waals surface area contributed by atoms with Gasteiger partial charge in [0.05, 0.1) is 10.5 Å². The first kappa shape index (κ1) is 20.8. The van der Waals surface area contributed by atoms with Crippen molar-refractivity contribution >= 4 is 21.7 Å². The molecule has 0 unspecified atom stereocenters. The van der Waals surface area contributed by atoms with E-state index >= 15 is 0 Å². The van der Waals surface area contributed by atoms with Crippen molar-refractivity contribution in [2.24, 2.45) is 4.99 Å². The molecule has 0 saturated carbocycles. The van der Waals surface area contributed by atoms with Crippen molar-refractivity contribution in [3.63, 3.8) is 0 Å². The Bertz CT molecular complexity index is 774. The van der Waals surface area contributed by atoms with Crippen molar-refractivity contribution in [3.8, 4) is 0 Å². The van der Waals surface area contributed by atoms with E-state index in [0.717, 1.165) is 51.2 Å². The van der Waals surface area contributed by atoms with Crippen LogP contribution in [0.15, 0.2) is 23.5 Å². The molecular formula is C18H31N7O2S. The minimum atomic E-state index is -3.05. The summed E-state index contributed by atoms with van der Waals surface area (Å²) in [5.41, 5.74) is 0. The predicted octanol–water partition coefficient (Wildman–Crippen LogP) is -0.317. The van der Waals surface area contributed by atoms with Crippen LogP contribution in [-0.2, 0) is 9.84 Å². The van der Waals surface area contributed by atoms with Crippen LogP contribution in [0.25, 0.3) is 0 Å². The van der Waals surface area contributed by atoms with Crippen molar-refractivity contribution in [2.45, 2.75) is 18.6 Å². The van der Waals surface area contributed by atoms with Crippen molar-refractivity contribution in [1.82, 2.24) is 25.1 Å². The lowest BCUT2D eigenvalue weighted by molar-refractivity contribution is 0.258. The molecule has 2 fully saturated rings. The third-order valence-electron chi connectivity index (χ3n) is 5.47. The fourth-order valence-corrected chi connectivity index (χ4v) is 4.97. The van der Waals surface area contributed by atoms with E-state index in [-0.39, 0.29) is 5.75 Å². The lowest BCUT2D eigenvalue weighted by atomic mass is 10.2. The van der Waals surface area contributed by atoms with Crippen LogP contribution in [0, 0.1) is 0 Å². The van der Waals surface area contributed by atoms with Crippen LogP contribution in [0.3, 0.4) is 0 Å². The van der Waals surface area contributed by atoms with Gasteiger partial charge in [0, 0.05) is 71.8 Å². The molecule has 28 heavy (non-hydrogen) atoms.